The maximum Gasteiger partial charge on any atom is 0.228 e. The summed E-state index contributed by atoms with van der Waals surface area (Å²) in [7, 11) is 0. The van der Waals surface area contributed by atoms with Crippen LogP contribution in [0, 0.1) is 17.7 Å². The topological polar surface area (TPSA) is 58.2 Å². The van der Waals surface area contributed by atoms with Gasteiger partial charge in [-0.3, -0.25) is 9.59 Å². The lowest BCUT2D eigenvalue weighted by atomic mass is 10.2. The molecule has 0 aromatic heterocycles. The molecule has 0 radical (unpaired) electrons. The van der Waals surface area contributed by atoms with Crippen molar-refractivity contribution >= 4 is 40.7 Å². The second-order valence-corrected chi connectivity index (χ2v) is 6.75. The zero-order valence-electron chi connectivity index (χ0n) is 13.1. The summed E-state index contributed by atoms with van der Waals surface area (Å²) in [6.07, 6.45) is 0.485. The molecule has 0 spiro atoms. The number of benzene rings is 2. The molecule has 1 aliphatic rings. The molecule has 25 heavy (non-hydrogen) atoms. The van der Waals surface area contributed by atoms with E-state index in [0.29, 0.717) is 28.7 Å². The summed E-state index contributed by atoms with van der Waals surface area (Å²) >= 11 is 11.9. The molecule has 2 aromatic rings. The van der Waals surface area contributed by atoms with E-state index in [1.807, 2.05) is 0 Å². The van der Waals surface area contributed by atoms with E-state index >= 15 is 0 Å². The van der Waals surface area contributed by atoms with Gasteiger partial charge >= 0.3 is 0 Å². The lowest BCUT2D eigenvalue weighted by Gasteiger charge is -2.08. The number of carbonyl (C=O) groups excluding carboxylic acids is 2. The number of rotatable bonds is 5. The van der Waals surface area contributed by atoms with E-state index in [0.717, 1.165) is 5.56 Å². The first kappa shape index (κ1) is 17.7. The van der Waals surface area contributed by atoms with Gasteiger partial charge in [0.15, 0.2) is 0 Å². The van der Waals surface area contributed by atoms with Crippen LogP contribution in [0.4, 0.5) is 10.1 Å². The van der Waals surface area contributed by atoms with E-state index in [4.69, 9.17) is 23.2 Å². The molecule has 2 amide bonds. The average molecular weight is 381 g/mol. The van der Waals surface area contributed by atoms with Crippen LogP contribution in [0.5, 0.6) is 0 Å². The van der Waals surface area contributed by atoms with Gasteiger partial charge in [0.25, 0.3) is 0 Å². The maximum atomic E-state index is 12.8. The third-order valence-electron chi connectivity index (χ3n) is 4.03. The smallest absolute Gasteiger partial charge is 0.228 e. The molecule has 2 atom stereocenters. The predicted octanol–water partition coefficient (Wildman–Crippen LogP) is 4.02. The molecule has 0 bridgehead atoms. The Kier molecular flexibility index (Phi) is 5.25. The molecule has 2 unspecified atom stereocenters. The largest absolute Gasteiger partial charge is 0.352 e. The molecule has 1 saturated carbocycles. The maximum absolute atomic E-state index is 12.8. The van der Waals surface area contributed by atoms with Gasteiger partial charge < -0.3 is 10.6 Å². The van der Waals surface area contributed by atoms with Gasteiger partial charge in [0.2, 0.25) is 11.8 Å². The van der Waals surface area contributed by atoms with Crippen molar-refractivity contribution in [2.75, 3.05) is 5.32 Å². The molecule has 0 saturated heterocycles. The molecular weight excluding hydrogens is 366 g/mol. The number of hydrogen-bond donors (Lipinski definition) is 2. The normalized spacial score (nSPS) is 18.5. The second-order valence-electron chi connectivity index (χ2n) is 5.91. The summed E-state index contributed by atoms with van der Waals surface area (Å²) in [5.74, 6) is -1.52. The second kappa shape index (κ2) is 7.42. The summed E-state index contributed by atoms with van der Waals surface area (Å²) in [4.78, 5) is 24.4. The molecule has 1 aliphatic carbocycles. The zero-order valence-corrected chi connectivity index (χ0v) is 14.6. The molecule has 0 heterocycles. The lowest BCUT2D eigenvalue weighted by Crippen LogP contribution is -2.27. The van der Waals surface area contributed by atoms with Crippen LogP contribution in [0.1, 0.15) is 12.0 Å². The van der Waals surface area contributed by atoms with E-state index in [2.05, 4.69) is 10.6 Å². The van der Waals surface area contributed by atoms with Gasteiger partial charge in [0.05, 0.1) is 22.5 Å². The Hall–Kier alpha value is -2.11. The zero-order chi connectivity index (χ0) is 18.0. The van der Waals surface area contributed by atoms with Crippen LogP contribution in [0.2, 0.25) is 10.0 Å². The van der Waals surface area contributed by atoms with Gasteiger partial charge in [-0.1, -0.05) is 35.3 Å². The van der Waals surface area contributed by atoms with E-state index in [1.54, 1.807) is 30.3 Å². The molecule has 130 valence electrons. The van der Waals surface area contributed by atoms with Crippen molar-refractivity contribution in [3.8, 4) is 0 Å². The van der Waals surface area contributed by atoms with Crippen molar-refractivity contribution in [1.82, 2.24) is 5.32 Å². The fourth-order valence-corrected chi connectivity index (χ4v) is 2.85. The van der Waals surface area contributed by atoms with E-state index in [-0.39, 0.29) is 29.5 Å². The molecule has 7 heteroatoms. The van der Waals surface area contributed by atoms with Crippen LogP contribution in [0.25, 0.3) is 0 Å². The number of halogens is 3. The summed E-state index contributed by atoms with van der Waals surface area (Å²) in [6.45, 7) is 0.296. The Morgan fingerprint density at radius 1 is 1.04 bits per heavy atom. The van der Waals surface area contributed by atoms with Crippen molar-refractivity contribution in [2.45, 2.75) is 13.0 Å². The Morgan fingerprint density at radius 2 is 1.72 bits per heavy atom. The minimum absolute atomic E-state index is 0.193. The van der Waals surface area contributed by atoms with Crippen LogP contribution in [-0.4, -0.2) is 11.8 Å². The molecule has 2 N–H and O–H groups in total. The van der Waals surface area contributed by atoms with Crippen LogP contribution in [0.3, 0.4) is 0 Å². The number of hydrogen-bond acceptors (Lipinski definition) is 2. The highest BCUT2D eigenvalue weighted by molar-refractivity contribution is 6.35. The Bertz CT molecular complexity index is 811. The quantitative estimate of drug-likeness (QED) is 0.822. The lowest BCUT2D eigenvalue weighted by molar-refractivity contribution is -0.125. The predicted molar refractivity (Wildman–Crippen MR) is 94.9 cm³/mol. The van der Waals surface area contributed by atoms with Crippen molar-refractivity contribution in [1.29, 1.82) is 0 Å². The van der Waals surface area contributed by atoms with Gasteiger partial charge in [0.1, 0.15) is 5.82 Å². The van der Waals surface area contributed by atoms with Crippen LogP contribution in [-0.2, 0) is 16.1 Å². The number of nitrogens with one attached hydrogen (secondary N) is 2. The summed E-state index contributed by atoms with van der Waals surface area (Å²) < 4.78 is 12.8. The Balaban J connectivity index is 1.51. The Labute approximate surface area is 154 Å². The van der Waals surface area contributed by atoms with Gasteiger partial charge in [-0.25, -0.2) is 4.39 Å². The molecular formula is C18H15Cl2FN2O2. The summed E-state index contributed by atoms with van der Waals surface area (Å²) in [5.41, 5.74) is 1.22. The summed E-state index contributed by atoms with van der Waals surface area (Å²) in [5, 5.41) is 6.31. The third kappa shape index (κ3) is 4.50. The van der Waals surface area contributed by atoms with Crippen molar-refractivity contribution in [3.05, 3.63) is 63.9 Å². The van der Waals surface area contributed by atoms with E-state index in [9.17, 15) is 14.0 Å². The highest BCUT2D eigenvalue weighted by Gasteiger charge is 2.48. The number of carbonyl (C=O) groups is 2. The van der Waals surface area contributed by atoms with Gasteiger partial charge in [-0.05, 0) is 42.3 Å². The average Bonchev–Trinajstić information content (AvgIpc) is 3.38. The molecule has 3 rings (SSSR count). The molecule has 2 aromatic carbocycles. The SMILES string of the molecule is O=C(NCc1ccc(F)cc1)C1CC1C(=O)Nc1cc(Cl)ccc1Cl. The first-order chi connectivity index (χ1) is 11.9. The fourth-order valence-electron chi connectivity index (χ4n) is 2.52. The summed E-state index contributed by atoms with van der Waals surface area (Å²) in [6, 6.07) is 10.7. The first-order valence-corrected chi connectivity index (χ1v) is 8.47. The highest BCUT2D eigenvalue weighted by atomic mass is 35.5. The number of anilines is 1. The minimum atomic E-state index is -0.386. The minimum Gasteiger partial charge on any atom is -0.352 e. The highest BCUT2D eigenvalue weighted by Crippen LogP contribution is 2.40. The van der Waals surface area contributed by atoms with E-state index in [1.165, 1.54) is 12.1 Å². The standard InChI is InChI=1S/C18H15Cl2FN2O2/c19-11-3-6-15(20)16(7-11)23-18(25)14-8-13(14)17(24)22-9-10-1-4-12(21)5-2-10/h1-7,13-14H,8-9H2,(H,22,24)(H,23,25). The monoisotopic (exact) mass is 380 g/mol. The van der Waals surface area contributed by atoms with Crippen molar-refractivity contribution in [3.63, 3.8) is 0 Å². The van der Waals surface area contributed by atoms with Crippen LogP contribution >= 0.6 is 23.2 Å². The van der Waals surface area contributed by atoms with E-state index < -0.39 is 0 Å². The fraction of sp³-hybridized carbons (Fsp3) is 0.222. The van der Waals surface area contributed by atoms with Crippen molar-refractivity contribution < 1.29 is 14.0 Å². The van der Waals surface area contributed by atoms with Gasteiger partial charge in [0, 0.05) is 11.6 Å². The first-order valence-electron chi connectivity index (χ1n) is 7.72. The number of amides is 2. The molecule has 0 aliphatic heterocycles. The molecule has 1 fully saturated rings. The van der Waals surface area contributed by atoms with Gasteiger partial charge in [-0.2, -0.15) is 0 Å². The van der Waals surface area contributed by atoms with Crippen molar-refractivity contribution in [2.24, 2.45) is 11.8 Å². The van der Waals surface area contributed by atoms with Crippen LogP contribution in [0.15, 0.2) is 42.5 Å². The Morgan fingerprint density at radius 3 is 2.44 bits per heavy atom. The molecule has 4 nitrogen and oxygen atoms in total. The van der Waals surface area contributed by atoms with Crippen LogP contribution < -0.4 is 10.6 Å². The van der Waals surface area contributed by atoms with Gasteiger partial charge in [-0.15, -0.1) is 0 Å². The third-order valence-corrected chi connectivity index (χ3v) is 4.59.